The molecule has 0 saturated heterocycles. The van der Waals surface area contributed by atoms with E-state index in [1.165, 1.54) is 24.3 Å². The second-order valence-corrected chi connectivity index (χ2v) is 6.57. The molecule has 3 unspecified atom stereocenters. The first-order chi connectivity index (χ1) is 10.2. The van der Waals surface area contributed by atoms with Crippen molar-refractivity contribution in [1.82, 2.24) is 0 Å². The van der Waals surface area contributed by atoms with Gasteiger partial charge in [-0.05, 0) is 18.4 Å². The van der Waals surface area contributed by atoms with Gasteiger partial charge < -0.3 is 10.8 Å². The van der Waals surface area contributed by atoms with E-state index in [9.17, 15) is 22.2 Å². The Balaban J connectivity index is 2.58. The normalized spacial score (nSPS) is 16.0. The number of rotatable bonds is 8. The Kier molecular flexibility index (Phi) is 7.02. The maximum absolute atomic E-state index is 13.1. The van der Waals surface area contributed by atoms with Crippen LogP contribution in [-0.2, 0) is 15.6 Å². The molecular weight excluding hydrogens is 319 g/mol. The zero-order valence-corrected chi connectivity index (χ0v) is 12.6. The second-order valence-electron chi connectivity index (χ2n) is 4.88. The summed E-state index contributed by atoms with van der Waals surface area (Å²) in [5.74, 6) is -3.06. The number of carboxylic acid groups (broad SMARTS) is 1. The maximum atomic E-state index is 13.1. The molecule has 1 aromatic rings. The first kappa shape index (κ1) is 18.6. The first-order valence-electron chi connectivity index (χ1n) is 6.67. The molecule has 22 heavy (non-hydrogen) atoms. The molecule has 0 amide bonds. The number of nitrogens with two attached hydrogens (primary N) is 1. The van der Waals surface area contributed by atoms with Gasteiger partial charge in [0.25, 0.3) is 0 Å². The van der Waals surface area contributed by atoms with Gasteiger partial charge in [0.1, 0.15) is 6.04 Å². The van der Waals surface area contributed by atoms with Gasteiger partial charge in [0.2, 0.25) is 0 Å². The summed E-state index contributed by atoms with van der Waals surface area (Å²) in [4.78, 5) is 10.5. The van der Waals surface area contributed by atoms with Crippen molar-refractivity contribution in [3.63, 3.8) is 0 Å². The molecule has 3 atom stereocenters. The number of alkyl halides is 3. The van der Waals surface area contributed by atoms with Gasteiger partial charge in [0, 0.05) is 22.3 Å². The van der Waals surface area contributed by atoms with Crippen LogP contribution in [0, 0.1) is 0 Å². The SMILES string of the molecule is NC(CCS(=O)CCC(c1ccccc1)C(F)(F)F)C(=O)O. The van der Waals surface area contributed by atoms with Crippen molar-refractivity contribution in [1.29, 1.82) is 0 Å². The molecule has 0 aromatic heterocycles. The third-order valence-electron chi connectivity index (χ3n) is 3.20. The average molecular weight is 337 g/mol. The van der Waals surface area contributed by atoms with Crippen molar-refractivity contribution in [2.45, 2.75) is 31.0 Å². The standard InChI is InChI=1S/C14H18F3NO3S/c15-14(16,17)11(10-4-2-1-3-5-10)6-8-22(21)9-7-12(18)13(19)20/h1-5,11-12H,6-9,18H2,(H,19,20). The largest absolute Gasteiger partial charge is 0.480 e. The fraction of sp³-hybridized carbons (Fsp3) is 0.500. The van der Waals surface area contributed by atoms with Crippen molar-refractivity contribution in [2.75, 3.05) is 11.5 Å². The molecule has 8 heteroatoms. The summed E-state index contributed by atoms with van der Waals surface area (Å²) in [7, 11) is -1.53. The van der Waals surface area contributed by atoms with Gasteiger partial charge in [-0.2, -0.15) is 13.2 Å². The van der Waals surface area contributed by atoms with E-state index in [1.807, 2.05) is 0 Å². The molecule has 1 rings (SSSR count). The third kappa shape index (κ3) is 6.15. The highest BCUT2D eigenvalue weighted by Crippen LogP contribution is 2.37. The van der Waals surface area contributed by atoms with Crippen LogP contribution in [0.2, 0.25) is 0 Å². The Hall–Kier alpha value is -1.41. The van der Waals surface area contributed by atoms with Crippen LogP contribution in [0.5, 0.6) is 0 Å². The zero-order valence-electron chi connectivity index (χ0n) is 11.8. The molecule has 0 heterocycles. The van der Waals surface area contributed by atoms with E-state index in [4.69, 9.17) is 10.8 Å². The molecule has 0 fully saturated rings. The van der Waals surface area contributed by atoms with Gasteiger partial charge in [0.15, 0.2) is 0 Å². The Bertz CT molecular complexity index is 508. The topological polar surface area (TPSA) is 80.4 Å². The van der Waals surface area contributed by atoms with E-state index in [-0.39, 0.29) is 29.9 Å². The third-order valence-corrected chi connectivity index (χ3v) is 4.59. The molecule has 0 radical (unpaired) electrons. The van der Waals surface area contributed by atoms with E-state index in [0.717, 1.165) is 0 Å². The van der Waals surface area contributed by atoms with Crippen LogP contribution in [0.25, 0.3) is 0 Å². The van der Waals surface area contributed by atoms with E-state index in [0.29, 0.717) is 0 Å². The Morgan fingerprint density at radius 1 is 1.18 bits per heavy atom. The fourth-order valence-corrected chi connectivity index (χ4v) is 3.16. The number of aliphatic carboxylic acids is 1. The zero-order chi connectivity index (χ0) is 16.8. The fourth-order valence-electron chi connectivity index (χ4n) is 1.94. The summed E-state index contributed by atoms with van der Waals surface area (Å²) in [6, 6.07) is 6.32. The van der Waals surface area contributed by atoms with Gasteiger partial charge >= 0.3 is 12.1 Å². The number of benzene rings is 1. The summed E-state index contributed by atoms with van der Waals surface area (Å²) in [6.45, 7) is 0. The molecule has 1 aromatic carbocycles. The predicted molar refractivity (Wildman–Crippen MR) is 78.0 cm³/mol. The van der Waals surface area contributed by atoms with Gasteiger partial charge in [-0.25, -0.2) is 0 Å². The van der Waals surface area contributed by atoms with Gasteiger partial charge in [-0.15, -0.1) is 0 Å². The minimum absolute atomic E-state index is 0.0210. The molecule has 3 N–H and O–H groups in total. The highest BCUT2D eigenvalue weighted by atomic mass is 32.2. The van der Waals surface area contributed by atoms with Crippen LogP contribution < -0.4 is 5.73 Å². The van der Waals surface area contributed by atoms with Gasteiger partial charge in [-0.3, -0.25) is 9.00 Å². The lowest BCUT2D eigenvalue weighted by atomic mass is 9.96. The minimum atomic E-state index is -4.41. The van der Waals surface area contributed by atoms with Crippen molar-refractivity contribution in [2.24, 2.45) is 5.73 Å². The van der Waals surface area contributed by atoms with E-state index >= 15 is 0 Å². The van der Waals surface area contributed by atoms with Crippen LogP contribution in [0.1, 0.15) is 24.3 Å². The molecule has 0 aliphatic rings. The summed E-state index contributed by atoms with van der Waals surface area (Å²) in [6.07, 6.45) is -4.74. The van der Waals surface area contributed by atoms with Crippen molar-refractivity contribution in [3.05, 3.63) is 35.9 Å². The minimum Gasteiger partial charge on any atom is -0.480 e. The highest BCUT2D eigenvalue weighted by Gasteiger charge is 2.40. The van der Waals surface area contributed by atoms with Crippen LogP contribution in [-0.4, -0.2) is 39.0 Å². The number of hydrogen-bond donors (Lipinski definition) is 2. The predicted octanol–water partition coefficient (Wildman–Crippen LogP) is 2.27. The first-order valence-corrected chi connectivity index (χ1v) is 8.15. The van der Waals surface area contributed by atoms with Crippen molar-refractivity contribution in [3.8, 4) is 0 Å². The quantitative estimate of drug-likeness (QED) is 0.763. The number of halogens is 3. The lowest BCUT2D eigenvalue weighted by Crippen LogP contribution is -2.32. The van der Waals surface area contributed by atoms with Crippen molar-refractivity contribution < 1.29 is 27.3 Å². The molecule has 0 bridgehead atoms. The Morgan fingerprint density at radius 3 is 2.23 bits per heavy atom. The molecule has 4 nitrogen and oxygen atoms in total. The second kappa shape index (κ2) is 8.28. The van der Waals surface area contributed by atoms with E-state index < -0.39 is 34.9 Å². The van der Waals surface area contributed by atoms with Crippen LogP contribution in [0.15, 0.2) is 30.3 Å². The van der Waals surface area contributed by atoms with Crippen molar-refractivity contribution >= 4 is 16.8 Å². The summed E-state index contributed by atoms with van der Waals surface area (Å²) in [5, 5.41) is 8.60. The smallest absolute Gasteiger partial charge is 0.395 e. The average Bonchev–Trinajstić information content (AvgIpc) is 2.44. The number of carboxylic acids is 1. The molecular formula is C14H18F3NO3S. The molecule has 0 saturated carbocycles. The Morgan fingerprint density at radius 2 is 1.73 bits per heavy atom. The lowest BCUT2D eigenvalue weighted by Gasteiger charge is -2.20. The van der Waals surface area contributed by atoms with Crippen LogP contribution in [0.3, 0.4) is 0 Å². The van der Waals surface area contributed by atoms with Gasteiger partial charge in [-0.1, -0.05) is 30.3 Å². The van der Waals surface area contributed by atoms with Crippen LogP contribution in [0.4, 0.5) is 13.2 Å². The molecule has 124 valence electrons. The maximum Gasteiger partial charge on any atom is 0.395 e. The Labute approximate surface area is 129 Å². The number of hydrogen-bond acceptors (Lipinski definition) is 3. The van der Waals surface area contributed by atoms with Gasteiger partial charge in [0.05, 0.1) is 5.92 Å². The molecule has 0 aliphatic heterocycles. The van der Waals surface area contributed by atoms with Crippen LogP contribution >= 0.6 is 0 Å². The monoisotopic (exact) mass is 337 g/mol. The summed E-state index contributed by atoms with van der Waals surface area (Å²) < 4.78 is 51.0. The summed E-state index contributed by atoms with van der Waals surface area (Å²) in [5.41, 5.74) is 5.40. The van der Waals surface area contributed by atoms with E-state index in [2.05, 4.69) is 0 Å². The highest BCUT2D eigenvalue weighted by molar-refractivity contribution is 7.84. The summed E-state index contributed by atoms with van der Waals surface area (Å²) >= 11 is 0. The molecule has 0 spiro atoms. The lowest BCUT2D eigenvalue weighted by molar-refractivity contribution is -0.150. The number of carbonyl (C=O) groups is 1. The molecule has 0 aliphatic carbocycles. The van der Waals surface area contributed by atoms with E-state index in [1.54, 1.807) is 6.07 Å².